The molecule has 0 bridgehead atoms. The molecule has 0 aliphatic carbocycles. The van der Waals surface area contributed by atoms with Gasteiger partial charge in [0, 0.05) is 70.7 Å². The van der Waals surface area contributed by atoms with Crippen LogP contribution in [0.3, 0.4) is 0 Å². The van der Waals surface area contributed by atoms with E-state index in [4.69, 9.17) is 8.83 Å². The lowest BCUT2D eigenvalue weighted by Gasteiger charge is -2.19. The molecule has 4 heteroatoms. The average Bonchev–Trinajstić information content (AvgIpc) is 0.850. The number of para-hydroxylation sites is 6. The van der Waals surface area contributed by atoms with Crippen LogP contribution in [0.1, 0.15) is 0 Å². The number of hydrogen-bond donors (Lipinski definition) is 0. The van der Waals surface area contributed by atoms with Crippen molar-refractivity contribution in [2.24, 2.45) is 0 Å². The van der Waals surface area contributed by atoms with Gasteiger partial charge in [-0.2, -0.15) is 0 Å². The predicted octanol–water partition coefficient (Wildman–Crippen LogP) is 26.0. The number of benzene rings is 19. The molecule has 0 unspecified atom stereocenters. The molecule has 0 aliphatic rings. The summed E-state index contributed by atoms with van der Waals surface area (Å²) in [5, 5.41) is 32.9. The van der Waals surface area contributed by atoms with Crippen LogP contribution in [-0.4, -0.2) is 9.13 Å². The Morgan fingerprint density at radius 1 is 0.198 bits per heavy atom. The van der Waals surface area contributed by atoms with E-state index in [1.54, 1.807) is 0 Å². The summed E-state index contributed by atoms with van der Waals surface area (Å²) in [4.78, 5) is 0. The summed E-state index contributed by atoms with van der Waals surface area (Å²) in [6, 6.07) is 115. The summed E-state index contributed by atoms with van der Waals surface area (Å²) in [5.41, 5.74) is 15.4. The molecule has 0 fully saturated rings. The van der Waals surface area contributed by atoms with E-state index in [0.29, 0.717) is 0 Å². The van der Waals surface area contributed by atoms with Crippen molar-refractivity contribution >= 4 is 184 Å². The zero-order chi connectivity index (χ0) is 62.4. The van der Waals surface area contributed by atoms with Gasteiger partial charge in [-0.25, -0.2) is 0 Å². The van der Waals surface area contributed by atoms with Crippen molar-refractivity contribution in [1.82, 2.24) is 9.13 Å². The molecule has 4 aromatic heterocycles. The molecule has 4 heterocycles. The lowest BCUT2D eigenvalue weighted by molar-refractivity contribution is 0.669. The molecule has 4 nitrogen and oxygen atoms in total. The molecule has 0 radical (unpaired) electrons. The minimum atomic E-state index is 0.917. The fraction of sp³-hybridized carbons (Fsp3) is 0. The van der Waals surface area contributed by atoms with Crippen LogP contribution in [0.2, 0.25) is 0 Å². The Balaban J connectivity index is 0.000000124. The molecule has 0 saturated heterocycles. The first-order valence-electron chi connectivity index (χ1n) is 33.1. The summed E-state index contributed by atoms with van der Waals surface area (Å²) >= 11 is 0. The van der Waals surface area contributed by atoms with E-state index in [1.807, 2.05) is 12.1 Å². The van der Waals surface area contributed by atoms with Crippen molar-refractivity contribution in [3.8, 4) is 33.6 Å². The van der Waals surface area contributed by atoms with Crippen LogP contribution in [-0.2, 0) is 0 Å². The number of aromatic nitrogens is 2. The van der Waals surface area contributed by atoms with E-state index < -0.39 is 0 Å². The lowest BCUT2D eigenvalue weighted by Crippen LogP contribution is -1.98. The Hall–Kier alpha value is -12.8. The smallest absolute Gasteiger partial charge is 0.143 e. The molecule has 0 atom stereocenters. The minimum absolute atomic E-state index is 0.917. The molecule has 23 rings (SSSR count). The van der Waals surface area contributed by atoms with Crippen LogP contribution >= 0.6 is 0 Å². The SMILES string of the molecule is c1ccc2c(c1)ccc1c(-n3c4ccccc4c4cc(-c5cccc6c5oc5ccccc56)ccc43)c3c(ccc4ccccc43)cc12.c1ccc2c(c1)oc1c(-c3ccc4c(c3)c3ccccc3n4-c3cc4ccc5ccc6ccc7cccc8c(c3)c4c5c6c78)cccc12. The molecule has 19 aromatic carbocycles. The maximum Gasteiger partial charge on any atom is 0.143 e. The number of hydrogen-bond acceptors (Lipinski definition) is 2. The largest absolute Gasteiger partial charge is 0.455 e. The van der Waals surface area contributed by atoms with Crippen LogP contribution < -0.4 is 0 Å². The van der Waals surface area contributed by atoms with E-state index in [1.165, 1.54) is 152 Å². The Morgan fingerprint density at radius 3 is 1.26 bits per heavy atom. The Bertz CT molecular complexity index is 7270. The molecule has 0 spiro atoms. The van der Waals surface area contributed by atoms with Crippen LogP contribution in [0.15, 0.2) is 324 Å². The van der Waals surface area contributed by atoms with Crippen molar-refractivity contribution in [3.63, 3.8) is 0 Å². The van der Waals surface area contributed by atoms with Gasteiger partial charge in [0.25, 0.3) is 0 Å². The van der Waals surface area contributed by atoms with Gasteiger partial charge < -0.3 is 18.0 Å². The molecular formula is C92H52N2O2. The molecule has 0 saturated carbocycles. The Morgan fingerprint density at radius 2 is 0.625 bits per heavy atom. The van der Waals surface area contributed by atoms with Gasteiger partial charge in [0.05, 0.1) is 27.8 Å². The third-order valence-corrected chi connectivity index (χ3v) is 21.2. The van der Waals surface area contributed by atoms with Crippen molar-refractivity contribution in [1.29, 1.82) is 0 Å². The summed E-state index contributed by atoms with van der Waals surface area (Å²) < 4.78 is 17.9. The van der Waals surface area contributed by atoms with E-state index in [9.17, 15) is 0 Å². The van der Waals surface area contributed by atoms with Crippen molar-refractivity contribution in [3.05, 3.63) is 315 Å². The van der Waals surface area contributed by atoms with Crippen molar-refractivity contribution in [2.75, 3.05) is 0 Å². The topological polar surface area (TPSA) is 36.1 Å². The number of fused-ring (bicyclic) bond motifs is 19. The second-order valence-corrected chi connectivity index (χ2v) is 26.1. The van der Waals surface area contributed by atoms with Gasteiger partial charge in [0.1, 0.15) is 22.3 Å². The molecule has 23 aromatic rings. The quantitative estimate of drug-likeness (QED) is 0.130. The monoisotopic (exact) mass is 1220 g/mol. The highest BCUT2D eigenvalue weighted by Crippen LogP contribution is 2.49. The van der Waals surface area contributed by atoms with Crippen LogP contribution in [0.4, 0.5) is 0 Å². The molecule has 442 valence electrons. The maximum absolute atomic E-state index is 6.48. The third kappa shape index (κ3) is 7.16. The van der Waals surface area contributed by atoms with Gasteiger partial charge in [0.2, 0.25) is 0 Å². The number of nitrogens with zero attached hydrogens (tertiary/aromatic N) is 2. The van der Waals surface area contributed by atoms with E-state index in [2.05, 4.69) is 312 Å². The van der Waals surface area contributed by atoms with E-state index in [-0.39, 0.29) is 0 Å². The lowest BCUT2D eigenvalue weighted by atomic mass is 9.85. The van der Waals surface area contributed by atoms with Crippen LogP contribution in [0.25, 0.3) is 218 Å². The molecule has 0 aliphatic heterocycles. The van der Waals surface area contributed by atoms with Crippen LogP contribution in [0, 0.1) is 0 Å². The van der Waals surface area contributed by atoms with Gasteiger partial charge >= 0.3 is 0 Å². The van der Waals surface area contributed by atoms with Gasteiger partial charge in [0.15, 0.2) is 0 Å². The first kappa shape index (κ1) is 51.8. The van der Waals surface area contributed by atoms with E-state index in [0.717, 1.165) is 66.1 Å². The molecule has 0 N–H and O–H groups in total. The summed E-state index contributed by atoms with van der Waals surface area (Å²) in [6.07, 6.45) is 0. The summed E-state index contributed by atoms with van der Waals surface area (Å²) in [6.45, 7) is 0. The second-order valence-electron chi connectivity index (χ2n) is 26.1. The van der Waals surface area contributed by atoms with Crippen LogP contribution in [0.5, 0.6) is 0 Å². The average molecular weight is 1220 g/mol. The zero-order valence-corrected chi connectivity index (χ0v) is 51.7. The highest BCUT2D eigenvalue weighted by molar-refractivity contribution is 6.40. The summed E-state index contributed by atoms with van der Waals surface area (Å²) in [5.74, 6) is 0. The normalized spacial score (nSPS) is 12.4. The highest BCUT2D eigenvalue weighted by Gasteiger charge is 2.24. The van der Waals surface area contributed by atoms with Gasteiger partial charge in [-0.3, -0.25) is 0 Å². The first-order chi connectivity index (χ1) is 47.6. The standard InChI is InChI=1S/C46H25NO.C46H27NO/c1-3-13-39-33(8-1)37-24-29(32-10-6-12-36-34-9-2-4-14-41(34)48-46(32)36)21-22-40(37)47(39)31-23-30-20-19-28-18-17-27-16-15-26-7-5-11-35-38(25-31)43(30)45(28)44(27)42(26)35;1-3-12-32-28(10-1)22-24-37-39(32)27-31-21-20-29-11-2-4-13-33(29)44(31)45(37)47-41-18-7-5-14-35(41)40-26-30(23-25-42(40)47)34-16-9-17-38-36-15-6-8-19-43(36)48-46(34)38/h1-25H;1-27H. The van der Waals surface area contributed by atoms with Gasteiger partial charge in [-0.15, -0.1) is 0 Å². The minimum Gasteiger partial charge on any atom is -0.455 e. The maximum atomic E-state index is 6.48. The second kappa shape index (κ2) is 19.4. The van der Waals surface area contributed by atoms with Crippen molar-refractivity contribution in [2.45, 2.75) is 0 Å². The number of rotatable bonds is 4. The Kier molecular flexibility index (Phi) is 10.5. The predicted molar refractivity (Wildman–Crippen MR) is 407 cm³/mol. The molecule has 96 heavy (non-hydrogen) atoms. The fourth-order valence-corrected chi connectivity index (χ4v) is 17.0. The number of furan rings is 2. The van der Waals surface area contributed by atoms with Gasteiger partial charge in [-0.05, 0) is 164 Å². The van der Waals surface area contributed by atoms with Gasteiger partial charge in [-0.1, -0.05) is 249 Å². The Labute approximate surface area is 548 Å². The zero-order valence-electron chi connectivity index (χ0n) is 51.7. The van der Waals surface area contributed by atoms with Crippen molar-refractivity contribution < 1.29 is 8.83 Å². The highest BCUT2D eigenvalue weighted by atomic mass is 16.3. The third-order valence-electron chi connectivity index (χ3n) is 21.2. The first-order valence-corrected chi connectivity index (χ1v) is 33.1. The molecule has 0 amide bonds. The fourth-order valence-electron chi connectivity index (χ4n) is 17.0. The summed E-state index contributed by atoms with van der Waals surface area (Å²) in [7, 11) is 0. The molecular weight excluding hydrogens is 1170 g/mol. The van der Waals surface area contributed by atoms with E-state index >= 15 is 0 Å².